The second-order valence-electron chi connectivity index (χ2n) is 8.59. The normalized spacial score (nSPS) is 10.8. The van der Waals surface area contributed by atoms with Crippen LogP contribution in [0.2, 0.25) is 0 Å². The van der Waals surface area contributed by atoms with Crippen LogP contribution in [-0.2, 0) is 4.74 Å². The molecule has 186 valence electrons. The van der Waals surface area contributed by atoms with E-state index < -0.39 is 0 Å². The summed E-state index contributed by atoms with van der Waals surface area (Å²) in [5.41, 5.74) is 6.83. The number of carbonyl (C=O) groups is 1. The molecular formula is C34H27NO3. The van der Waals surface area contributed by atoms with E-state index in [-0.39, 0.29) is 5.78 Å². The highest BCUT2D eigenvalue weighted by molar-refractivity contribution is 6.09. The van der Waals surface area contributed by atoms with Gasteiger partial charge in [0.1, 0.15) is 11.5 Å². The van der Waals surface area contributed by atoms with Gasteiger partial charge in [-0.15, -0.1) is 0 Å². The Bertz CT molecular complexity index is 1560. The number of hydrogen-bond donors (Lipinski definition) is 0. The Balaban J connectivity index is 1.55. The van der Waals surface area contributed by atoms with Gasteiger partial charge in [-0.1, -0.05) is 92.0 Å². The number of benzene rings is 4. The molecule has 0 aliphatic carbocycles. The fourth-order valence-electron chi connectivity index (χ4n) is 4.09. The molecule has 0 N–H and O–H groups in total. The second-order valence-corrected chi connectivity index (χ2v) is 8.59. The average molecular weight is 498 g/mol. The molecule has 0 aliphatic heterocycles. The zero-order valence-corrected chi connectivity index (χ0v) is 21.4. The van der Waals surface area contributed by atoms with Crippen molar-refractivity contribution in [2.75, 3.05) is 14.2 Å². The quantitative estimate of drug-likeness (QED) is 0.135. The third-order valence-corrected chi connectivity index (χ3v) is 6.25. The zero-order chi connectivity index (χ0) is 27.1. The van der Waals surface area contributed by atoms with Crippen LogP contribution in [0, 0.1) is 11.3 Å². The van der Waals surface area contributed by atoms with Crippen molar-refractivity contribution in [3.63, 3.8) is 0 Å². The third-order valence-electron chi connectivity index (χ3n) is 6.25. The molecule has 0 spiro atoms. The maximum Gasteiger partial charge on any atom is 0.193 e. The Labute approximate surface area is 223 Å². The maximum atomic E-state index is 12.7. The Morgan fingerprint density at radius 2 is 1.39 bits per heavy atom. The first-order valence-electron chi connectivity index (χ1n) is 12.0. The molecule has 4 aromatic carbocycles. The van der Waals surface area contributed by atoms with Crippen molar-refractivity contribution in [1.82, 2.24) is 0 Å². The number of ketones is 1. The molecular weight excluding hydrogens is 470 g/mol. The smallest absolute Gasteiger partial charge is 0.193 e. The van der Waals surface area contributed by atoms with Crippen LogP contribution in [0.3, 0.4) is 0 Å². The topological polar surface area (TPSA) is 59.3 Å². The van der Waals surface area contributed by atoms with Crippen LogP contribution in [0.4, 0.5) is 0 Å². The molecule has 0 fully saturated rings. The molecule has 0 unspecified atom stereocenters. The molecule has 0 amide bonds. The van der Waals surface area contributed by atoms with Crippen molar-refractivity contribution in [1.29, 1.82) is 5.26 Å². The molecule has 0 bridgehead atoms. The van der Waals surface area contributed by atoms with E-state index in [2.05, 4.69) is 19.2 Å². The van der Waals surface area contributed by atoms with E-state index in [1.54, 1.807) is 50.6 Å². The van der Waals surface area contributed by atoms with E-state index in [4.69, 9.17) is 14.7 Å². The zero-order valence-electron chi connectivity index (χ0n) is 21.4. The minimum atomic E-state index is -0.0305. The van der Waals surface area contributed by atoms with Crippen LogP contribution in [0.5, 0.6) is 5.75 Å². The van der Waals surface area contributed by atoms with Gasteiger partial charge in [0.15, 0.2) is 5.78 Å². The number of carbonyl (C=O) groups excluding carboxylic acids is 1. The molecule has 0 aliphatic rings. The SMILES string of the molecule is C=C(/C=C(/OC)C(=C)c1ccc(C(=O)c2ccccc2)cc1)c1ccc(-c2ccc(C#N)cc2)c(OC)c1. The molecule has 0 heterocycles. The van der Waals surface area contributed by atoms with E-state index in [9.17, 15) is 4.79 Å². The Kier molecular flexibility index (Phi) is 8.01. The van der Waals surface area contributed by atoms with Gasteiger partial charge in [-0.25, -0.2) is 0 Å². The van der Waals surface area contributed by atoms with Crippen molar-refractivity contribution in [3.8, 4) is 22.9 Å². The standard InChI is InChI=1S/C34H27NO3/c1-23(30-18-19-31(33(21-30)38-4)27-12-10-25(22-35)11-13-27)20-32(37-3)24(2)26-14-16-29(17-15-26)34(36)28-8-6-5-7-9-28/h5-21H,1-2H2,3-4H3/b32-20+. The predicted molar refractivity (Wildman–Crippen MR) is 153 cm³/mol. The van der Waals surface area contributed by atoms with Crippen molar-refractivity contribution in [2.45, 2.75) is 0 Å². The van der Waals surface area contributed by atoms with Crippen LogP contribution >= 0.6 is 0 Å². The van der Waals surface area contributed by atoms with Crippen molar-refractivity contribution < 1.29 is 14.3 Å². The minimum Gasteiger partial charge on any atom is -0.496 e. The summed E-state index contributed by atoms with van der Waals surface area (Å²) in [6.45, 7) is 8.44. The first kappa shape index (κ1) is 25.9. The molecule has 0 atom stereocenters. The number of ether oxygens (including phenoxy) is 2. The fourth-order valence-corrected chi connectivity index (χ4v) is 4.09. The molecule has 4 rings (SSSR count). The average Bonchev–Trinajstić information content (AvgIpc) is 2.99. The Hall–Kier alpha value is -5.14. The Morgan fingerprint density at radius 1 is 0.789 bits per heavy atom. The van der Waals surface area contributed by atoms with Crippen molar-refractivity contribution >= 4 is 16.9 Å². The molecule has 38 heavy (non-hydrogen) atoms. The highest BCUT2D eigenvalue weighted by Crippen LogP contribution is 2.34. The number of rotatable bonds is 9. The lowest BCUT2D eigenvalue weighted by Gasteiger charge is -2.14. The van der Waals surface area contributed by atoms with Gasteiger partial charge in [0.25, 0.3) is 0 Å². The van der Waals surface area contributed by atoms with Crippen LogP contribution in [-0.4, -0.2) is 20.0 Å². The first-order valence-corrected chi connectivity index (χ1v) is 12.0. The van der Waals surface area contributed by atoms with Crippen LogP contribution in [0.1, 0.15) is 32.6 Å². The van der Waals surface area contributed by atoms with E-state index >= 15 is 0 Å². The maximum absolute atomic E-state index is 12.7. The number of methoxy groups -OCH3 is 2. The van der Waals surface area contributed by atoms with Gasteiger partial charge in [0.2, 0.25) is 0 Å². The van der Waals surface area contributed by atoms with Gasteiger partial charge in [0, 0.05) is 22.3 Å². The van der Waals surface area contributed by atoms with Gasteiger partial charge in [-0.2, -0.15) is 5.26 Å². The fraction of sp³-hybridized carbons (Fsp3) is 0.0588. The predicted octanol–water partition coefficient (Wildman–Crippen LogP) is 7.72. The first-order chi connectivity index (χ1) is 18.4. The van der Waals surface area contributed by atoms with Gasteiger partial charge in [-0.3, -0.25) is 4.79 Å². The highest BCUT2D eigenvalue weighted by atomic mass is 16.5. The van der Waals surface area contributed by atoms with Gasteiger partial charge < -0.3 is 9.47 Å². The summed E-state index contributed by atoms with van der Waals surface area (Å²) < 4.78 is 11.3. The molecule has 0 radical (unpaired) electrons. The lowest BCUT2D eigenvalue weighted by atomic mass is 9.96. The van der Waals surface area contributed by atoms with E-state index in [0.29, 0.717) is 33.8 Å². The Morgan fingerprint density at radius 3 is 2.00 bits per heavy atom. The van der Waals surface area contributed by atoms with Crippen molar-refractivity contribution in [3.05, 3.63) is 150 Å². The summed E-state index contributed by atoms with van der Waals surface area (Å²) in [5.74, 6) is 1.22. The van der Waals surface area contributed by atoms with E-state index in [1.165, 1.54) is 0 Å². The van der Waals surface area contributed by atoms with Crippen molar-refractivity contribution in [2.24, 2.45) is 0 Å². The summed E-state index contributed by atoms with van der Waals surface area (Å²) >= 11 is 0. The summed E-state index contributed by atoms with van der Waals surface area (Å²) in [6.07, 6.45) is 1.83. The molecule has 4 heteroatoms. The number of nitriles is 1. The van der Waals surface area contributed by atoms with Crippen LogP contribution < -0.4 is 4.74 Å². The highest BCUT2D eigenvalue weighted by Gasteiger charge is 2.13. The van der Waals surface area contributed by atoms with Gasteiger partial charge in [-0.05, 0) is 46.5 Å². The monoisotopic (exact) mass is 497 g/mol. The summed E-state index contributed by atoms with van der Waals surface area (Å²) in [6, 6.07) is 31.9. The van der Waals surface area contributed by atoms with Gasteiger partial charge >= 0.3 is 0 Å². The van der Waals surface area contributed by atoms with Crippen LogP contribution in [0.15, 0.2) is 122 Å². The molecule has 0 saturated heterocycles. The van der Waals surface area contributed by atoms with Gasteiger partial charge in [0.05, 0.1) is 25.9 Å². The van der Waals surface area contributed by atoms with Crippen LogP contribution in [0.25, 0.3) is 22.3 Å². The molecule has 0 aromatic heterocycles. The second kappa shape index (κ2) is 11.7. The largest absolute Gasteiger partial charge is 0.496 e. The lowest BCUT2D eigenvalue weighted by Crippen LogP contribution is -2.01. The number of hydrogen-bond acceptors (Lipinski definition) is 4. The molecule has 4 aromatic rings. The third kappa shape index (κ3) is 5.64. The summed E-state index contributed by atoms with van der Waals surface area (Å²) in [4.78, 5) is 12.7. The minimum absolute atomic E-state index is 0.0305. The summed E-state index contributed by atoms with van der Waals surface area (Å²) in [7, 11) is 3.21. The van der Waals surface area contributed by atoms with E-state index in [0.717, 1.165) is 27.8 Å². The summed E-state index contributed by atoms with van der Waals surface area (Å²) in [5, 5.41) is 9.06. The van der Waals surface area contributed by atoms with E-state index in [1.807, 2.05) is 66.7 Å². The number of allylic oxidation sites excluding steroid dienone is 3. The molecule has 4 nitrogen and oxygen atoms in total. The molecule has 0 saturated carbocycles. The lowest BCUT2D eigenvalue weighted by molar-refractivity contribution is 0.103. The number of nitrogens with zero attached hydrogens (tertiary/aromatic N) is 1.